The highest BCUT2D eigenvalue weighted by molar-refractivity contribution is 7.80. The predicted molar refractivity (Wildman–Crippen MR) is 97.9 cm³/mol. The van der Waals surface area contributed by atoms with E-state index in [2.05, 4.69) is 4.98 Å². The molecule has 3 nitrogen and oxygen atoms in total. The molecule has 2 N–H and O–H groups in total. The van der Waals surface area contributed by atoms with Gasteiger partial charge in [0.2, 0.25) is 0 Å². The molecule has 0 aliphatic heterocycles. The van der Waals surface area contributed by atoms with Crippen LogP contribution in [0.5, 0.6) is 0 Å². The zero-order valence-electron chi connectivity index (χ0n) is 12.7. The number of halogens is 2. The van der Waals surface area contributed by atoms with E-state index in [4.69, 9.17) is 29.6 Å². The third-order valence-electron chi connectivity index (χ3n) is 3.76. The molecule has 122 valence electrons. The van der Waals surface area contributed by atoms with Crippen LogP contribution in [0.4, 0.5) is 4.39 Å². The minimum Gasteiger partial charge on any atom is -0.389 e. The van der Waals surface area contributed by atoms with Gasteiger partial charge in [-0.1, -0.05) is 48.1 Å². The summed E-state index contributed by atoms with van der Waals surface area (Å²) < 4.78 is 16.0. The Kier molecular flexibility index (Phi) is 4.92. The summed E-state index contributed by atoms with van der Waals surface area (Å²) in [7, 11) is 0. The molecule has 0 aliphatic rings. The van der Waals surface area contributed by atoms with Crippen molar-refractivity contribution < 1.29 is 4.39 Å². The van der Waals surface area contributed by atoms with Crippen LogP contribution in [0.3, 0.4) is 0 Å². The van der Waals surface area contributed by atoms with Crippen molar-refractivity contribution in [2.45, 2.75) is 13.0 Å². The van der Waals surface area contributed by atoms with Gasteiger partial charge in [-0.05, 0) is 23.8 Å². The minimum atomic E-state index is -0.326. The average Bonchev–Trinajstić information content (AvgIpc) is 2.98. The van der Waals surface area contributed by atoms with Gasteiger partial charge in [0.1, 0.15) is 16.6 Å². The Morgan fingerprint density at radius 3 is 2.79 bits per heavy atom. The van der Waals surface area contributed by atoms with Gasteiger partial charge in [-0.25, -0.2) is 9.37 Å². The molecule has 0 atom stereocenters. The van der Waals surface area contributed by atoms with E-state index in [1.165, 1.54) is 6.07 Å². The maximum atomic E-state index is 14.0. The molecule has 3 aromatic rings. The highest BCUT2D eigenvalue weighted by atomic mass is 35.5. The van der Waals surface area contributed by atoms with Crippen molar-refractivity contribution in [2.24, 2.45) is 5.73 Å². The van der Waals surface area contributed by atoms with Crippen molar-refractivity contribution in [2.75, 3.05) is 0 Å². The Hall–Kier alpha value is -2.24. The zero-order valence-corrected chi connectivity index (χ0v) is 14.3. The Labute approximate surface area is 149 Å². The average molecular weight is 360 g/mol. The second-order valence-electron chi connectivity index (χ2n) is 5.41. The van der Waals surface area contributed by atoms with Crippen LogP contribution >= 0.6 is 23.8 Å². The summed E-state index contributed by atoms with van der Waals surface area (Å²) in [4.78, 5) is 4.70. The summed E-state index contributed by atoms with van der Waals surface area (Å²) in [5.74, 6) is 0.412. The molecule has 1 heterocycles. The summed E-state index contributed by atoms with van der Waals surface area (Å²) >= 11 is 11.1. The number of benzene rings is 2. The third kappa shape index (κ3) is 3.63. The molecule has 1 aromatic heterocycles. The monoisotopic (exact) mass is 359 g/mol. The first-order valence-corrected chi connectivity index (χ1v) is 8.15. The van der Waals surface area contributed by atoms with Crippen molar-refractivity contribution in [1.82, 2.24) is 9.55 Å². The molecule has 0 saturated carbocycles. The Morgan fingerprint density at radius 2 is 2.04 bits per heavy atom. The number of thiocarbonyl (C=S) groups is 1. The van der Waals surface area contributed by atoms with E-state index in [9.17, 15) is 4.39 Å². The number of imidazole rings is 1. The molecule has 24 heavy (non-hydrogen) atoms. The van der Waals surface area contributed by atoms with Crippen LogP contribution < -0.4 is 5.73 Å². The van der Waals surface area contributed by atoms with Gasteiger partial charge in [0.05, 0.1) is 0 Å². The summed E-state index contributed by atoms with van der Waals surface area (Å²) in [5.41, 5.74) is 7.99. The van der Waals surface area contributed by atoms with Crippen LogP contribution in [-0.4, -0.2) is 14.5 Å². The number of aromatic nitrogens is 2. The van der Waals surface area contributed by atoms with E-state index in [1.54, 1.807) is 18.3 Å². The second-order valence-corrected chi connectivity index (χ2v) is 6.26. The first-order valence-electron chi connectivity index (χ1n) is 7.36. The number of rotatable bonds is 5. The summed E-state index contributed by atoms with van der Waals surface area (Å²) in [6, 6.07) is 12.4. The topological polar surface area (TPSA) is 43.8 Å². The molecular weight excluding hydrogens is 345 g/mol. The van der Waals surface area contributed by atoms with Crippen molar-refractivity contribution in [3.8, 4) is 0 Å². The third-order valence-corrected chi connectivity index (χ3v) is 4.35. The lowest BCUT2D eigenvalue weighted by molar-refractivity contribution is 0.609. The molecule has 0 radical (unpaired) electrons. The molecule has 3 rings (SSSR count). The Morgan fingerprint density at radius 1 is 1.25 bits per heavy atom. The molecule has 0 amide bonds. The van der Waals surface area contributed by atoms with E-state index in [0.717, 1.165) is 17.0 Å². The van der Waals surface area contributed by atoms with Gasteiger partial charge < -0.3 is 10.3 Å². The fourth-order valence-electron chi connectivity index (χ4n) is 2.53. The summed E-state index contributed by atoms with van der Waals surface area (Å²) in [6.45, 7) is 0.595. The molecule has 0 fully saturated rings. The lowest BCUT2D eigenvalue weighted by atomic mass is 10.1. The highest BCUT2D eigenvalue weighted by Crippen LogP contribution is 2.22. The lowest BCUT2D eigenvalue weighted by Gasteiger charge is -2.10. The molecular formula is C18H15ClFN3S. The van der Waals surface area contributed by atoms with Crippen molar-refractivity contribution >= 4 is 28.8 Å². The molecule has 0 spiro atoms. The van der Waals surface area contributed by atoms with Crippen LogP contribution in [0.15, 0.2) is 54.9 Å². The normalized spacial score (nSPS) is 10.8. The fraction of sp³-hybridized carbons (Fsp3) is 0.111. The van der Waals surface area contributed by atoms with Gasteiger partial charge in [-0.15, -0.1) is 0 Å². The molecule has 2 aromatic carbocycles. The van der Waals surface area contributed by atoms with Gasteiger partial charge in [0.25, 0.3) is 0 Å². The number of nitrogens with zero attached hydrogens (tertiary/aromatic N) is 2. The van der Waals surface area contributed by atoms with E-state index in [-0.39, 0.29) is 5.82 Å². The molecule has 0 aliphatic carbocycles. The van der Waals surface area contributed by atoms with Gasteiger partial charge in [0.15, 0.2) is 0 Å². The summed E-state index contributed by atoms with van der Waals surface area (Å²) in [6.07, 6.45) is 3.88. The molecule has 0 unspecified atom stereocenters. The van der Waals surface area contributed by atoms with Gasteiger partial charge in [-0.3, -0.25) is 0 Å². The molecule has 6 heteroatoms. The molecule has 0 saturated heterocycles. The number of nitrogens with two attached hydrogens (primary N) is 1. The minimum absolute atomic E-state index is 0.326. The first kappa shape index (κ1) is 16.6. The van der Waals surface area contributed by atoms with E-state index < -0.39 is 0 Å². The number of hydrogen-bond donors (Lipinski definition) is 1. The quantitative estimate of drug-likeness (QED) is 0.701. The van der Waals surface area contributed by atoms with Gasteiger partial charge in [-0.2, -0.15) is 0 Å². The van der Waals surface area contributed by atoms with Crippen LogP contribution in [0.2, 0.25) is 5.02 Å². The maximum Gasteiger partial charge on any atom is 0.128 e. The smallest absolute Gasteiger partial charge is 0.128 e. The van der Waals surface area contributed by atoms with Crippen molar-refractivity contribution in [3.63, 3.8) is 0 Å². The lowest BCUT2D eigenvalue weighted by Crippen LogP contribution is -2.11. The zero-order chi connectivity index (χ0) is 17.1. The van der Waals surface area contributed by atoms with Crippen LogP contribution in [0.25, 0.3) is 0 Å². The van der Waals surface area contributed by atoms with E-state index in [1.807, 2.05) is 35.0 Å². The van der Waals surface area contributed by atoms with Crippen molar-refractivity contribution in [3.05, 3.63) is 88.2 Å². The van der Waals surface area contributed by atoms with Crippen LogP contribution in [0, 0.1) is 5.82 Å². The SMILES string of the molecule is NC(=S)c1cccc(Cn2ccnc2Cc2c(F)cccc2Cl)c1. The number of hydrogen-bond acceptors (Lipinski definition) is 2. The van der Waals surface area contributed by atoms with E-state index in [0.29, 0.717) is 28.5 Å². The highest BCUT2D eigenvalue weighted by Gasteiger charge is 2.12. The fourth-order valence-corrected chi connectivity index (χ4v) is 2.89. The van der Waals surface area contributed by atoms with Gasteiger partial charge >= 0.3 is 0 Å². The van der Waals surface area contributed by atoms with E-state index >= 15 is 0 Å². The Balaban J connectivity index is 1.86. The van der Waals surface area contributed by atoms with Crippen LogP contribution in [0.1, 0.15) is 22.5 Å². The largest absolute Gasteiger partial charge is 0.389 e. The second kappa shape index (κ2) is 7.11. The maximum absolute atomic E-state index is 14.0. The molecule has 0 bridgehead atoms. The van der Waals surface area contributed by atoms with Gasteiger partial charge in [0, 0.05) is 41.5 Å². The van der Waals surface area contributed by atoms with Crippen LogP contribution in [-0.2, 0) is 13.0 Å². The summed E-state index contributed by atoms with van der Waals surface area (Å²) in [5, 5.41) is 0.403. The standard InChI is InChI=1S/C18H15ClFN3S/c19-15-5-2-6-16(20)14(15)10-17-22-7-8-23(17)11-12-3-1-4-13(9-12)18(21)24/h1-9H,10-11H2,(H2,21,24). The predicted octanol–water partition coefficient (Wildman–Crippen LogP) is 3.95. The van der Waals surface area contributed by atoms with Crippen molar-refractivity contribution in [1.29, 1.82) is 0 Å². The Bertz CT molecular complexity index is 871. The first-order chi connectivity index (χ1) is 11.5.